The van der Waals surface area contributed by atoms with Gasteiger partial charge in [0.05, 0.1) is 12.2 Å². The van der Waals surface area contributed by atoms with Gasteiger partial charge in [0.2, 0.25) is 0 Å². The van der Waals surface area contributed by atoms with Crippen molar-refractivity contribution >= 4 is 15.9 Å². The van der Waals surface area contributed by atoms with Crippen molar-refractivity contribution in [2.75, 3.05) is 0 Å². The molecule has 0 saturated carbocycles. The van der Waals surface area contributed by atoms with E-state index in [0.29, 0.717) is 10.9 Å². The summed E-state index contributed by atoms with van der Waals surface area (Å²) in [6, 6.07) is 4.62. The molecule has 1 heterocycles. The maximum Gasteiger partial charge on any atom is 0.124 e. The van der Waals surface area contributed by atoms with E-state index in [-0.39, 0.29) is 11.9 Å². The lowest BCUT2D eigenvalue weighted by atomic mass is 10.0. The number of hydrogen-bond acceptors (Lipinski definition) is 3. The average Bonchev–Trinajstić information content (AvgIpc) is 2.82. The standard InChI is InChI=1S/C13H16BrFN4/c1-2-19-8-9(7-17-19)3-13(18-16)10-4-11(14)6-12(15)5-10/h4-8,13,18H,2-3,16H2,1H3. The van der Waals surface area contributed by atoms with Gasteiger partial charge in [-0.05, 0) is 42.7 Å². The van der Waals surface area contributed by atoms with Crippen molar-refractivity contribution in [3.8, 4) is 0 Å². The van der Waals surface area contributed by atoms with E-state index in [0.717, 1.165) is 17.7 Å². The van der Waals surface area contributed by atoms with Crippen LogP contribution in [0, 0.1) is 5.82 Å². The highest BCUT2D eigenvalue weighted by molar-refractivity contribution is 9.10. The Labute approximate surface area is 119 Å². The summed E-state index contributed by atoms with van der Waals surface area (Å²) in [7, 11) is 0. The Hall–Kier alpha value is -1.24. The molecule has 0 amide bonds. The summed E-state index contributed by atoms with van der Waals surface area (Å²) in [6.45, 7) is 2.85. The number of aromatic nitrogens is 2. The Bertz CT molecular complexity index is 535. The summed E-state index contributed by atoms with van der Waals surface area (Å²) in [5.74, 6) is 5.29. The van der Waals surface area contributed by atoms with Gasteiger partial charge in [0, 0.05) is 17.2 Å². The van der Waals surface area contributed by atoms with E-state index in [1.165, 1.54) is 12.1 Å². The number of nitrogens with one attached hydrogen (secondary N) is 1. The third kappa shape index (κ3) is 3.62. The molecule has 19 heavy (non-hydrogen) atoms. The quantitative estimate of drug-likeness (QED) is 0.655. The molecule has 2 aromatic rings. The van der Waals surface area contributed by atoms with Crippen molar-refractivity contribution in [1.29, 1.82) is 0 Å². The van der Waals surface area contributed by atoms with Crippen LogP contribution in [0.5, 0.6) is 0 Å². The summed E-state index contributed by atoms with van der Waals surface area (Å²) in [5, 5.41) is 4.22. The van der Waals surface area contributed by atoms with E-state index in [2.05, 4.69) is 26.5 Å². The van der Waals surface area contributed by atoms with Crippen molar-refractivity contribution in [3.63, 3.8) is 0 Å². The van der Waals surface area contributed by atoms with Crippen molar-refractivity contribution < 1.29 is 4.39 Å². The van der Waals surface area contributed by atoms with Crippen LogP contribution in [0.25, 0.3) is 0 Å². The molecule has 3 N–H and O–H groups in total. The van der Waals surface area contributed by atoms with E-state index < -0.39 is 0 Å². The van der Waals surface area contributed by atoms with Crippen LogP contribution >= 0.6 is 15.9 Å². The molecule has 0 spiro atoms. The smallest absolute Gasteiger partial charge is 0.124 e. The van der Waals surface area contributed by atoms with Crippen molar-refractivity contribution in [1.82, 2.24) is 15.2 Å². The molecule has 2 rings (SSSR count). The van der Waals surface area contributed by atoms with Gasteiger partial charge in [-0.15, -0.1) is 0 Å². The third-order valence-corrected chi connectivity index (χ3v) is 3.40. The van der Waals surface area contributed by atoms with Crippen LogP contribution in [-0.2, 0) is 13.0 Å². The van der Waals surface area contributed by atoms with E-state index >= 15 is 0 Å². The minimum atomic E-state index is -0.283. The van der Waals surface area contributed by atoms with Gasteiger partial charge >= 0.3 is 0 Å². The SMILES string of the molecule is CCn1cc(CC(NN)c2cc(F)cc(Br)c2)cn1. The van der Waals surface area contributed by atoms with Gasteiger partial charge in [-0.2, -0.15) is 5.10 Å². The first kappa shape index (κ1) is 14.2. The fourth-order valence-electron chi connectivity index (χ4n) is 1.97. The second-order valence-corrected chi connectivity index (χ2v) is 5.25. The number of halogens is 2. The normalized spacial score (nSPS) is 12.6. The number of nitrogens with zero attached hydrogens (tertiary/aromatic N) is 2. The van der Waals surface area contributed by atoms with Gasteiger partial charge in [0.25, 0.3) is 0 Å². The zero-order valence-corrected chi connectivity index (χ0v) is 12.2. The molecule has 1 unspecified atom stereocenters. The maximum atomic E-state index is 13.4. The Morgan fingerprint density at radius 1 is 1.47 bits per heavy atom. The monoisotopic (exact) mass is 326 g/mol. The number of aryl methyl sites for hydroxylation is 1. The molecule has 0 aliphatic carbocycles. The molecular weight excluding hydrogens is 311 g/mol. The zero-order chi connectivity index (χ0) is 13.8. The number of benzene rings is 1. The minimum absolute atomic E-state index is 0.151. The van der Waals surface area contributed by atoms with Gasteiger partial charge < -0.3 is 0 Å². The molecule has 0 aliphatic rings. The van der Waals surface area contributed by atoms with Crippen LogP contribution in [0.4, 0.5) is 4.39 Å². The second-order valence-electron chi connectivity index (χ2n) is 4.33. The van der Waals surface area contributed by atoms with Crippen LogP contribution in [0.15, 0.2) is 35.1 Å². The minimum Gasteiger partial charge on any atom is -0.273 e. The highest BCUT2D eigenvalue weighted by Crippen LogP contribution is 2.22. The van der Waals surface area contributed by atoms with E-state index in [9.17, 15) is 4.39 Å². The molecule has 102 valence electrons. The topological polar surface area (TPSA) is 55.9 Å². The summed E-state index contributed by atoms with van der Waals surface area (Å²) >= 11 is 3.29. The number of rotatable bonds is 5. The van der Waals surface area contributed by atoms with Crippen LogP contribution in [0.2, 0.25) is 0 Å². The molecule has 6 heteroatoms. The summed E-state index contributed by atoms with van der Waals surface area (Å²) < 4.78 is 16.0. The fourth-order valence-corrected chi connectivity index (χ4v) is 2.45. The summed E-state index contributed by atoms with van der Waals surface area (Å²) in [6.07, 6.45) is 4.44. The van der Waals surface area contributed by atoms with Crippen molar-refractivity contribution in [2.45, 2.75) is 25.9 Å². The van der Waals surface area contributed by atoms with Crippen LogP contribution in [-0.4, -0.2) is 9.78 Å². The highest BCUT2D eigenvalue weighted by atomic mass is 79.9. The first-order valence-electron chi connectivity index (χ1n) is 6.05. The molecule has 1 atom stereocenters. The van der Waals surface area contributed by atoms with Crippen LogP contribution in [0.3, 0.4) is 0 Å². The Morgan fingerprint density at radius 2 is 2.26 bits per heavy atom. The second kappa shape index (κ2) is 6.27. The summed E-state index contributed by atoms with van der Waals surface area (Å²) in [4.78, 5) is 0. The highest BCUT2D eigenvalue weighted by Gasteiger charge is 2.13. The van der Waals surface area contributed by atoms with Gasteiger partial charge in [0.1, 0.15) is 5.82 Å². The third-order valence-electron chi connectivity index (χ3n) is 2.94. The molecule has 1 aromatic carbocycles. The number of hydrazine groups is 1. The summed E-state index contributed by atoms with van der Waals surface area (Å²) in [5.41, 5.74) is 4.59. The van der Waals surface area contributed by atoms with Crippen molar-refractivity contribution in [3.05, 3.63) is 52.0 Å². The molecule has 0 saturated heterocycles. The van der Waals surface area contributed by atoms with Gasteiger partial charge in [-0.25, -0.2) is 4.39 Å². The predicted molar refractivity (Wildman–Crippen MR) is 75.8 cm³/mol. The van der Waals surface area contributed by atoms with Gasteiger partial charge in [0.15, 0.2) is 0 Å². The van der Waals surface area contributed by atoms with Gasteiger partial charge in [-0.1, -0.05) is 15.9 Å². The molecule has 0 bridgehead atoms. The predicted octanol–water partition coefficient (Wildman–Crippen LogP) is 2.55. The Morgan fingerprint density at radius 3 is 2.84 bits per heavy atom. The van der Waals surface area contributed by atoms with Gasteiger partial charge in [-0.3, -0.25) is 16.0 Å². The molecule has 0 radical (unpaired) electrons. The lowest BCUT2D eigenvalue weighted by molar-refractivity contribution is 0.543. The van der Waals surface area contributed by atoms with Crippen LogP contribution < -0.4 is 11.3 Å². The first-order valence-corrected chi connectivity index (χ1v) is 6.85. The zero-order valence-electron chi connectivity index (χ0n) is 10.6. The first-order chi connectivity index (χ1) is 9.12. The number of nitrogens with two attached hydrogens (primary N) is 1. The van der Waals surface area contributed by atoms with Crippen LogP contribution in [0.1, 0.15) is 24.1 Å². The van der Waals surface area contributed by atoms with E-state index in [4.69, 9.17) is 5.84 Å². The lowest BCUT2D eigenvalue weighted by Crippen LogP contribution is -2.29. The molecular formula is C13H16BrFN4. The fraction of sp³-hybridized carbons (Fsp3) is 0.308. The lowest BCUT2D eigenvalue weighted by Gasteiger charge is -2.16. The van der Waals surface area contributed by atoms with Crippen molar-refractivity contribution in [2.24, 2.45) is 5.84 Å². The maximum absolute atomic E-state index is 13.4. The largest absolute Gasteiger partial charge is 0.273 e. The molecule has 0 aliphatic heterocycles. The van der Waals surface area contributed by atoms with E-state index in [1.54, 1.807) is 0 Å². The van der Waals surface area contributed by atoms with E-state index in [1.807, 2.05) is 30.1 Å². The molecule has 1 aromatic heterocycles. The Balaban J connectivity index is 2.19. The average molecular weight is 327 g/mol. The molecule has 0 fully saturated rings. The molecule has 4 nitrogen and oxygen atoms in total. The number of hydrogen-bond donors (Lipinski definition) is 2. The Kier molecular flexibility index (Phi) is 4.68.